The zero-order chi connectivity index (χ0) is 11.4. The van der Waals surface area contributed by atoms with Gasteiger partial charge < -0.3 is 0 Å². The molecular weight excluding hydrogens is 208 g/mol. The number of aliphatic imine (C=N–C) groups is 2. The van der Waals surface area contributed by atoms with Crippen LogP contribution in [-0.4, -0.2) is 24.5 Å². The van der Waals surface area contributed by atoms with Crippen LogP contribution in [0.4, 0.5) is 0 Å². The van der Waals surface area contributed by atoms with E-state index in [4.69, 9.17) is 4.99 Å². The largest absolute Gasteiger partial charge is 0.294 e. The fourth-order valence-corrected chi connectivity index (χ4v) is 3.96. The molecule has 2 unspecified atom stereocenters. The molecule has 17 heavy (non-hydrogen) atoms. The van der Waals surface area contributed by atoms with E-state index in [1.54, 1.807) is 22.3 Å². The molecule has 88 valence electrons. The average molecular weight is 226 g/mol. The van der Waals surface area contributed by atoms with Gasteiger partial charge in [-0.15, -0.1) is 0 Å². The Bertz CT molecular complexity index is 505. The molecule has 0 radical (unpaired) electrons. The monoisotopic (exact) mass is 226 g/mol. The Labute approximate surface area is 102 Å². The van der Waals surface area contributed by atoms with Gasteiger partial charge in [0.05, 0.1) is 12.6 Å². The van der Waals surface area contributed by atoms with Crippen molar-refractivity contribution < 1.29 is 0 Å². The summed E-state index contributed by atoms with van der Waals surface area (Å²) in [4.78, 5) is 9.37. The Morgan fingerprint density at radius 2 is 2.24 bits per heavy atom. The molecule has 2 heterocycles. The van der Waals surface area contributed by atoms with Crippen molar-refractivity contribution in [1.29, 1.82) is 0 Å². The number of allylic oxidation sites excluding steroid dienone is 2. The molecular formula is C15H18N2. The third kappa shape index (κ3) is 1.27. The number of hydrogen-bond acceptors (Lipinski definition) is 2. The highest BCUT2D eigenvalue weighted by atomic mass is 14.8. The molecule has 2 aliphatic heterocycles. The highest BCUT2D eigenvalue weighted by Crippen LogP contribution is 2.46. The predicted octanol–water partition coefficient (Wildman–Crippen LogP) is 3.10. The Balaban J connectivity index is 1.87. The van der Waals surface area contributed by atoms with Gasteiger partial charge in [-0.05, 0) is 49.3 Å². The van der Waals surface area contributed by atoms with E-state index in [2.05, 4.69) is 18.1 Å². The van der Waals surface area contributed by atoms with E-state index in [0.29, 0.717) is 12.0 Å². The maximum absolute atomic E-state index is 4.75. The first-order valence-corrected chi connectivity index (χ1v) is 6.84. The summed E-state index contributed by atoms with van der Waals surface area (Å²) in [5, 5.41) is 0. The van der Waals surface area contributed by atoms with Crippen LogP contribution in [-0.2, 0) is 0 Å². The Morgan fingerprint density at radius 1 is 1.29 bits per heavy atom. The van der Waals surface area contributed by atoms with Gasteiger partial charge in [0.25, 0.3) is 0 Å². The molecule has 0 amide bonds. The van der Waals surface area contributed by atoms with Crippen LogP contribution in [0.2, 0.25) is 0 Å². The van der Waals surface area contributed by atoms with Crippen molar-refractivity contribution >= 4 is 11.9 Å². The van der Waals surface area contributed by atoms with Crippen LogP contribution in [0, 0.1) is 5.92 Å². The molecule has 2 heteroatoms. The molecule has 4 aliphatic rings. The second-order valence-electron chi connectivity index (χ2n) is 5.69. The number of rotatable bonds is 0. The first-order valence-electron chi connectivity index (χ1n) is 6.84. The van der Waals surface area contributed by atoms with Gasteiger partial charge >= 0.3 is 0 Å². The summed E-state index contributed by atoms with van der Waals surface area (Å²) in [5.41, 5.74) is 7.98. The highest BCUT2D eigenvalue weighted by Gasteiger charge is 2.37. The predicted molar refractivity (Wildman–Crippen MR) is 70.9 cm³/mol. The summed E-state index contributed by atoms with van der Waals surface area (Å²) in [6.07, 6.45) is 8.24. The van der Waals surface area contributed by atoms with Gasteiger partial charge in [0.2, 0.25) is 0 Å². The van der Waals surface area contributed by atoms with E-state index < -0.39 is 0 Å². The molecule has 2 nitrogen and oxygen atoms in total. The summed E-state index contributed by atoms with van der Waals surface area (Å²) >= 11 is 0. The minimum Gasteiger partial charge on any atom is -0.294 e. The number of hydrogen-bond donors (Lipinski definition) is 0. The topological polar surface area (TPSA) is 24.7 Å². The van der Waals surface area contributed by atoms with Gasteiger partial charge in [-0.25, -0.2) is 0 Å². The van der Waals surface area contributed by atoms with E-state index in [1.165, 1.54) is 31.4 Å². The molecule has 0 aromatic carbocycles. The van der Waals surface area contributed by atoms with Gasteiger partial charge in [-0.1, -0.05) is 5.57 Å². The second-order valence-corrected chi connectivity index (χ2v) is 5.69. The van der Waals surface area contributed by atoms with Crippen LogP contribution in [0.5, 0.6) is 0 Å². The fourth-order valence-electron chi connectivity index (χ4n) is 3.96. The van der Waals surface area contributed by atoms with Gasteiger partial charge in [-0.3, -0.25) is 9.98 Å². The normalized spacial score (nSPS) is 34.8. The highest BCUT2D eigenvalue weighted by molar-refractivity contribution is 6.08. The van der Waals surface area contributed by atoms with Crippen LogP contribution in [0.15, 0.2) is 32.3 Å². The molecule has 0 bridgehead atoms. The lowest BCUT2D eigenvalue weighted by Crippen LogP contribution is -2.29. The first kappa shape index (κ1) is 9.81. The average Bonchev–Trinajstić information content (AvgIpc) is 2.76. The lowest BCUT2D eigenvalue weighted by atomic mass is 9.70. The minimum absolute atomic E-state index is 0.478. The number of nitrogens with zero attached hydrogens (tertiary/aromatic N) is 2. The third-order valence-corrected chi connectivity index (χ3v) is 4.78. The van der Waals surface area contributed by atoms with Crippen molar-refractivity contribution in [3.63, 3.8) is 0 Å². The molecule has 1 saturated carbocycles. The van der Waals surface area contributed by atoms with Crippen LogP contribution in [0.3, 0.4) is 0 Å². The van der Waals surface area contributed by atoms with Crippen LogP contribution < -0.4 is 0 Å². The number of fused-ring (bicyclic) bond motifs is 1. The van der Waals surface area contributed by atoms with E-state index >= 15 is 0 Å². The molecule has 0 saturated heterocycles. The van der Waals surface area contributed by atoms with Gasteiger partial charge in [0, 0.05) is 24.3 Å². The summed E-state index contributed by atoms with van der Waals surface area (Å²) in [7, 11) is 0. The maximum Gasteiger partial charge on any atom is 0.0612 e. The van der Waals surface area contributed by atoms with Crippen LogP contribution in [0.25, 0.3) is 0 Å². The zero-order valence-corrected chi connectivity index (χ0v) is 10.4. The SMILES string of the molecule is CC1N=CCC2=C3CCCC4=NCC(=C43)CC21. The van der Waals surface area contributed by atoms with Crippen molar-refractivity contribution in [3.8, 4) is 0 Å². The van der Waals surface area contributed by atoms with E-state index in [-0.39, 0.29) is 0 Å². The maximum atomic E-state index is 4.75. The van der Waals surface area contributed by atoms with Crippen molar-refractivity contribution in [2.45, 2.75) is 45.1 Å². The second kappa shape index (κ2) is 3.41. The summed E-state index contributed by atoms with van der Waals surface area (Å²) in [6, 6.07) is 0.478. The van der Waals surface area contributed by atoms with Gasteiger partial charge in [-0.2, -0.15) is 0 Å². The van der Waals surface area contributed by atoms with Crippen LogP contribution in [0.1, 0.15) is 39.0 Å². The third-order valence-electron chi connectivity index (χ3n) is 4.78. The molecule has 2 aliphatic carbocycles. The Kier molecular flexibility index (Phi) is 1.97. The fraction of sp³-hybridized carbons (Fsp3) is 0.600. The quantitative estimate of drug-likeness (QED) is 0.606. The van der Waals surface area contributed by atoms with Crippen molar-refractivity contribution in [3.05, 3.63) is 22.3 Å². The van der Waals surface area contributed by atoms with Gasteiger partial charge in [0.15, 0.2) is 0 Å². The lowest BCUT2D eigenvalue weighted by Gasteiger charge is -2.36. The Hall–Kier alpha value is -1.18. The van der Waals surface area contributed by atoms with Crippen LogP contribution >= 0.6 is 0 Å². The molecule has 4 rings (SSSR count). The first-order chi connectivity index (χ1) is 8.34. The summed E-state index contributed by atoms with van der Waals surface area (Å²) < 4.78 is 0. The summed E-state index contributed by atoms with van der Waals surface area (Å²) in [6.45, 7) is 3.25. The van der Waals surface area contributed by atoms with E-state index in [0.717, 1.165) is 13.0 Å². The smallest absolute Gasteiger partial charge is 0.0612 e. The van der Waals surface area contributed by atoms with Crippen molar-refractivity contribution in [2.75, 3.05) is 6.54 Å². The zero-order valence-electron chi connectivity index (χ0n) is 10.4. The van der Waals surface area contributed by atoms with E-state index in [9.17, 15) is 0 Å². The van der Waals surface area contributed by atoms with Crippen molar-refractivity contribution in [1.82, 2.24) is 0 Å². The molecule has 0 aromatic rings. The minimum atomic E-state index is 0.478. The molecule has 0 aromatic heterocycles. The molecule has 0 N–H and O–H groups in total. The summed E-state index contributed by atoms with van der Waals surface area (Å²) in [5.74, 6) is 0.682. The van der Waals surface area contributed by atoms with Crippen molar-refractivity contribution in [2.24, 2.45) is 15.9 Å². The molecule has 0 spiro atoms. The molecule has 2 atom stereocenters. The standard InChI is InChI=1S/C15H18N2/c1-9-13-7-10-8-17-14-4-2-3-12(15(10)14)11(13)5-6-16-9/h6,9,13H,2-5,7-8H2,1H3. The van der Waals surface area contributed by atoms with Gasteiger partial charge in [0.1, 0.15) is 0 Å². The Morgan fingerprint density at radius 3 is 3.18 bits per heavy atom. The van der Waals surface area contributed by atoms with E-state index in [1.807, 2.05) is 0 Å². The molecule has 1 fully saturated rings. The lowest BCUT2D eigenvalue weighted by molar-refractivity contribution is 0.474.